The Morgan fingerprint density at radius 1 is 1.11 bits per heavy atom. The van der Waals surface area contributed by atoms with Gasteiger partial charge in [0.15, 0.2) is 11.5 Å². The first-order valence-electron chi connectivity index (χ1n) is 12.4. The van der Waals surface area contributed by atoms with Crippen molar-refractivity contribution in [2.24, 2.45) is 11.8 Å². The zero-order valence-electron chi connectivity index (χ0n) is 21.1. The highest BCUT2D eigenvalue weighted by atomic mass is 32.2. The summed E-state index contributed by atoms with van der Waals surface area (Å²) in [6.07, 6.45) is 2.35. The first kappa shape index (κ1) is 25.9. The molecule has 2 heterocycles. The summed E-state index contributed by atoms with van der Waals surface area (Å²) in [6, 6.07) is 10.7. The predicted octanol–water partition coefficient (Wildman–Crippen LogP) is 4.11. The average Bonchev–Trinajstić information content (AvgIpc) is 2.82. The van der Waals surface area contributed by atoms with E-state index >= 15 is 0 Å². The Labute approximate surface area is 209 Å². The van der Waals surface area contributed by atoms with Gasteiger partial charge in [0.25, 0.3) is 10.1 Å². The Bertz CT molecular complexity index is 1120. The van der Waals surface area contributed by atoms with Crippen molar-refractivity contribution in [3.63, 3.8) is 0 Å². The van der Waals surface area contributed by atoms with Crippen molar-refractivity contribution in [3.8, 4) is 11.5 Å². The van der Waals surface area contributed by atoms with E-state index in [9.17, 15) is 13.5 Å². The zero-order chi connectivity index (χ0) is 25.2. The smallest absolute Gasteiger partial charge is 0.297 e. The molecule has 1 N–H and O–H groups in total. The van der Waals surface area contributed by atoms with Crippen molar-refractivity contribution in [3.05, 3.63) is 53.1 Å². The molecule has 0 aromatic heterocycles. The fraction of sp³-hybridized carbons (Fsp3) is 0.556. The highest BCUT2D eigenvalue weighted by molar-refractivity contribution is 7.86. The number of nitrogens with zero attached hydrogens (tertiary/aromatic N) is 1. The highest BCUT2D eigenvalue weighted by Gasteiger charge is 2.38. The summed E-state index contributed by atoms with van der Waals surface area (Å²) in [5.41, 5.74) is 3.35. The van der Waals surface area contributed by atoms with Gasteiger partial charge < -0.3 is 14.6 Å². The lowest BCUT2D eigenvalue weighted by molar-refractivity contribution is -0.0191. The van der Waals surface area contributed by atoms with Crippen LogP contribution in [0.15, 0.2) is 41.3 Å². The van der Waals surface area contributed by atoms with Crippen LogP contribution in [0.25, 0.3) is 0 Å². The summed E-state index contributed by atoms with van der Waals surface area (Å²) in [7, 11) is -2.23. The van der Waals surface area contributed by atoms with Gasteiger partial charge in [-0.05, 0) is 73.4 Å². The molecule has 0 radical (unpaired) electrons. The Balaban J connectivity index is 1.41. The molecule has 8 heteroatoms. The molecule has 2 aromatic rings. The lowest BCUT2D eigenvalue weighted by atomic mass is 9.79. The van der Waals surface area contributed by atoms with E-state index in [0.29, 0.717) is 23.3 Å². The molecule has 2 aliphatic heterocycles. The van der Waals surface area contributed by atoms with Crippen LogP contribution in [-0.4, -0.2) is 57.9 Å². The van der Waals surface area contributed by atoms with Gasteiger partial charge in [-0.15, -0.1) is 0 Å². The lowest BCUT2D eigenvalue weighted by Gasteiger charge is -2.46. The molecule has 192 valence electrons. The molecule has 3 atom stereocenters. The number of hydrogen-bond acceptors (Lipinski definition) is 7. The number of hydrogen-bond donors (Lipinski definition) is 1. The van der Waals surface area contributed by atoms with Crippen LogP contribution in [-0.2, 0) is 20.7 Å². The number of ether oxygens (including phenoxy) is 2. The number of aliphatic hydroxyl groups is 1. The molecule has 1 saturated heterocycles. The maximum absolute atomic E-state index is 12.4. The molecular formula is C27H37NO6S. The largest absolute Gasteiger partial charge is 0.493 e. The third-order valence-corrected chi connectivity index (χ3v) is 8.36. The summed E-state index contributed by atoms with van der Waals surface area (Å²) in [6.45, 7) is 8.15. The predicted molar refractivity (Wildman–Crippen MR) is 134 cm³/mol. The number of aryl methyl sites for hydroxylation is 1. The minimum Gasteiger partial charge on any atom is -0.493 e. The van der Waals surface area contributed by atoms with E-state index in [1.807, 2.05) is 19.1 Å². The van der Waals surface area contributed by atoms with Crippen molar-refractivity contribution in [2.75, 3.05) is 33.4 Å². The van der Waals surface area contributed by atoms with Crippen molar-refractivity contribution >= 4 is 10.1 Å². The summed E-state index contributed by atoms with van der Waals surface area (Å²) in [4.78, 5) is 2.62. The number of methoxy groups -OCH3 is 1. The molecule has 0 unspecified atom stereocenters. The number of benzene rings is 2. The highest BCUT2D eigenvalue weighted by Crippen LogP contribution is 2.43. The lowest BCUT2D eigenvalue weighted by Crippen LogP contribution is -2.48. The van der Waals surface area contributed by atoms with Crippen molar-refractivity contribution in [1.29, 1.82) is 0 Å². The van der Waals surface area contributed by atoms with Crippen LogP contribution in [0.3, 0.4) is 0 Å². The molecule has 0 aliphatic carbocycles. The topological polar surface area (TPSA) is 85.3 Å². The molecular weight excluding hydrogens is 466 g/mol. The van der Waals surface area contributed by atoms with E-state index in [1.165, 1.54) is 23.3 Å². The Kier molecular flexibility index (Phi) is 8.06. The van der Waals surface area contributed by atoms with E-state index in [1.54, 1.807) is 19.2 Å². The monoisotopic (exact) mass is 503 g/mol. The Morgan fingerprint density at radius 2 is 1.86 bits per heavy atom. The van der Waals surface area contributed by atoms with Crippen molar-refractivity contribution < 1.29 is 27.2 Å². The molecule has 35 heavy (non-hydrogen) atoms. The molecule has 0 bridgehead atoms. The van der Waals surface area contributed by atoms with Crippen LogP contribution in [0.1, 0.15) is 49.4 Å². The molecule has 2 aliphatic rings. The molecule has 0 saturated carbocycles. The van der Waals surface area contributed by atoms with Crippen molar-refractivity contribution in [1.82, 2.24) is 4.90 Å². The second kappa shape index (κ2) is 10.9. The molecule has 4 rings (SSSR count). The fourth-order valence-corrected chi connectivity index (χ4v) is 6.17. The standard InChI is InChI=1S/C27H37NO6S/c1-18(2)13-21-17-28-10-9-20-14-27(26(32-4)15-23(20)24(28)16-25(21)29)33-11-12-34-35(30,31)22-7-5-19(3)6-8-22/h5-8,14-15,18,21,24-25,29H,9-13,16-17H2,1-4H3/t21-,24-,25-/m1/s1. The SMILES string of the molecule is COc1cc2c(cc1OCCOS(=O)(=O)c1ccc(C)cc1)CCN1C[C@@H](CC(C)C)[C@H](O)C[C@H]21. The van der Waals surface area contributed by atoms with Crippen LogP contribution in [0.4, 0.5) is 0 Å². The van der Waals surface area contributed by atoms with Crippen LogP contribution in [0.2, 0.25) is 0 Å². The van der Waals surface area contributed by atoms with Crippen LogP contribution < -0.4 is 9.47 Å². The van der Waals surface area contributed by atoms with Gasteiger partial charge in [0, 0.05) is 19.1 Å². The van der Waals surface area contributed by atoms with Gasteiger partial charge in [-0.25, -0.2) is 0 Å². The maximum Gasteiger partial charge on any atom is 0.297 e. The van der Waals surface area contributed by atoms with Gasteiger partial charge in [0.05, 0.1) is 18.1 Å². The van der Waals surface area contributed by atoms with E-state index in [2.05, 4.69) is 18.7 Å². The minimum atomic E-state index is -3.83. The number of piperidine rings is 1. The molecule has 0 amide bonds. The van der Waals surface area contributed by atoms with Gasteiger partial charge in [-0.1, -0.05) is 31.5 Å². The maximum atomic E-state index is 12.4. The molecule has 0 spiro atoms. The number of fused-ring (bicyclic) bond motifs is 3. The third kappa shape index (κ3) is 6.00. The fourth-order valence-electron chi connectivity index (χ4n) is 5.28. The first-order valence-corrected chi connectivity index (χ1v) is 13.8. The summed E-state index contributed by atoms with van der Waals surface area (Å²) in [5, 5.41) is 10.8. The normalized spacial score (nSPS) is 22.5. The van der Waals surface area contributed by atoms with E-state index in [4.69, 9.17) is 13.7 Å². The second-order valence-electron chi connectivity index (χ2n) is 10.1. The zero-order valence-corrected chi connectivity index (χ0v) is 21.9. The first-order chi connectivity index (χ1) is 16.7. The third-order valence-electron chi connectivity index (χ3n) is 7.03. The average molecular weight is 504 g/mol. The van der Waals surface area contributed by atoms with Crippen molar-refractivity contribution in [2.45, 2.75) is 57.1 Å². The van der Waals surface area contributed by atoms with E-state index in [-0.39, 0.29) is 30.3 Å². The van der Waals surface area contributed by atoms with Gasteiger partial charge in [0.1, 0.15) is 13.2 Å². The van der Waals surface area contributed by atoms with E-state index in [0.717, 1.165) is 37.9 Å². The summed E-state index contributed by atoms with van der Waals surface area (Å²) in [5.74, 6) is 2.06. The Morgan fingerprint density at radius 3 is 2.54 bits per heavy atom. The summed E-state index contributed by atoms with van der Waals surface area (Å²) >= 11 is 0. The minimum absolute atomic E-state index is 0.0748. The van der Waals surface area contributed by atoms with Crippen LogP contribution >= 0.6 is 0 Å². The Hall–Kier alpha value is -2.13. The number of aliphatic hydroxyl groups excluding tert-OH is 1. The molecule has 1 fully saturated rings. The molecule has 2 aromatic carbocycles. The van der Waals surface area contributed by atoms with E-state index < -0.39 is 10.1 Å². The quantitative estimate of drug-likeness (QED) is 0.407. The number of rotatable bonds is 9. The molecule has 7 nitrogen and oxygen atoms in total. The van der Waals surface area contributed by atoms with Gasteiger partial charge in [-0.2, -0.15) is 8.42 Å². The summed E-state index contributed by atoms with van der Waals surface area (Å²) < 4.78 is 41.4. The second-order valence-corrected chi connectivity index (χ2v) is 11.7. The van der Waals surface area contributed by atoms with Gasteiger partial charge >= 0.3 is 0 Å². The van der Waals surface area contributed by atoms with Gasteiger partial charge in [-0.3, -0.25) is 9.08 Å². The van der Waals surface area contributed by atoms with Crippen LogP contribution in [0, 0.1) is 18.8 Å². The van der Waals surface area contributed by atoms with Gasteiger partial charge in [0.2, 0.25) is 0 Å². The van der Waals surface area contributed by atoms with Crippen LogP contribution in [0.5, 0.6) is 11.5 Å².